The standard InChI is InChI=1S/C25H25N3S/c1-3-9-19(10-4-1)15-16-28(17-20-11-5-2-6-12-20)24-23-21-13-7-8-14-22(21)29-25(23)27-18-26-24/h1-6,9-12,18H,7-8,13-17H2. The van der Waals surface area contributed by atoms with Crippen LogP contribution < -0.4 is 4.90 Å². The summed E-state index contributed by atoms with van der Waals surface area (Å²) >= 11 is 1.87. The number of fused-ring (bicyclic) bond motifs is 3. The van der Waals surface area contributed by atoms with Gasteiger partial charge < -0.3 is 4.90 Å². The average molecular weight is 400 g/mol. The van der Waals surface area contributed by atoms with E-state index in [9.17, 15) is 0 Å². The molecule has 4 aromatic rings. The van der Waals surface area contributed by atoms with Crippen LogP contribution in [0.3, 0.4) is 0 Å². The molecule has 2 aromatic carbocycles. The van der Waals surface area contributed by atoms with Crippen LogP contribution in [0.2, 0.25) is 0 Å². The van der Waals surface area contributed by atoms with Gasteiger partial charge in [0.25, 0.3) is 0 Å². The van der Waals surface area contributed by atoms with Crippen LogP contribution in [0.15, 0.2) is 67.0 Å². The molecule has 0 bridgehead atoms. The van der Waals surface area contributed by atoms with Crippen molar-refractivity contribution in [3.05, 3.63) is 88.6 Å². The molecule has 4 heteroatoms. The zero-order valence-corrected chi connectivity index (χ0v) is 17.4. The van der Waals surface area contributed by atoms with Crippen LogP contribution in [0.4, 0.5) is 5.82 Å². The highest BCUT2D eigenvalue weighted by Crippen LogP contribution is 2.39. The Hall–Kier alpha value is -2.72. The highest BCUT2D eigenvalue weighted by Gasteiger charge is 2.22. The van der Waals surface area contributed by atoms with Crippen molar-refractivity contribution in [2.45, 2.75) is 38.6 Å². The van der Waals surface area contributed by atoms with Crippen molar-refractivity contribution in [1.82, 2.24) is 9.97 Å². The fraction of sp³-hybridized carbons (Fsp3) is 0.280. The molecule has 29 heavy (non-hydrogen) atoms. The lowest BCUT2D eigenvalue weighted by molar-refractivity contribution is 0.699. The summed E-state index contributed by atoms with van der Waals surface area (Å²) in [7, 11) is 0. The van der Waals surface area contributed by atoms with Gasteiger partial charge in [-0.2, -0.15) is 0 Å². The van der Waals surface area contributed by atoms with Crippen LogP contribution in [-0.4, -0.2) is 16.5 Å². The molecule has 3 nitrogen and oxygen atoms in total. The third kappa shape index (κ3) is 3.90. The maximum Gasteiger partial charge on any atom is 0.141 e. The summed E-state index contributed by atoms with van der Waals surface area (Å²) in [6.45, 7) is 1.81. The first-order valence-electron chi connectivity index (χ1n) is 10.5. The smallest absolute Gasteiger partial charge is 0.141 e. The lowest BCUT2D eigenvalue weighted by Gasteiger charge is -2.25. The van der Waals surface area contributed by atoms with Crippen molar-refractivity contribution in [3.8, 4) is 0 Å². The number of benzene rings is 2. The average Bonchev–Trinajstić information content (AvgIpc) is 3.17. The summed E-state index contributed by atoms with van der Waals surface area (Å²) in [6, 6.07) is 21.5. The largest absolute Gasteiger partial charge is 0.351 e. The van der Waals surface area contributed by atoms with Crippen LogP contribution >= 0.6 is 11.3 Å². The van der Waals surface area contributed by atoms with E-state index in [0.29, 0.717) is 0 Å². The predicted molar refractivity (Wildman–Crippen MR) is 122 cm³/mol. The van der Waals surface area contributed by atoms with Crippen LogP contribution in [0.5, 0.6) is 0 Å². The lowest BCUT2D eigenvalue weighted by Crippen LogP contribution is -2.26. The zero-order valence-electron chi connectivity index (χ0n) is 16.6. The van der Waals surface area contributed by atoms with E-state index >= 15 is 0 Å². The number of nitrogens with zero attached hydrogens (tertiary/aromatic N) is 3. The van der Waals surface area contributed by atoms with Crippen molar-refractivity contribution >= 4 is 27.4 Å². The molecule has 0 radical (unpaired) electrons. The van der Waals surface area contributed by atoms with Gasteiger partial charge in [0, 0.05) is 18.0 Å². The molecular formula is C25H25N3S. The third-order valence-electron chi connectivity index (χ3n) is 5.76. The van der Waals surface area contributed by atoms with Crippen LogP contribution in [0.25, 0.3) is 10.2 Å². The van der Waals surface area contributed by atoms with Gasteiger partial charge in [-0.05, 0) is 48.8 Å². The SMILES string of the molecule is c1ccc(CCN(Cc2ccccc2)c2ncnc3sc4c(c23)CCCC4)cc1. The Balaban J connectivity index is 1.54. The Morgan fingerprint density at radius 3 is 2.34 bits per heavy atom. The zero-order chi connectivity index (χ0) is 19.5. The lowest BCUT2D eigenvalue weighted by atomic mass is 9.97. The molecule has 0 N–H and O–H groups in total. The van der Waals surface area contributed by atoms with Gasteiger partial charge in [-0.1, -0.05) is 60.7 Å². The van der Waals surface area contributed by atoms with Crippen molar-refractivity contribution in [1.29, 1.82) is 0 Å². The van der Waals surface area contributed by atoms with Crippen molar-refractivity contribution < 1.29 is 0 Å². The molecule has 1 aliphatic carbocycles. The first-order chi connectivity index (χ1) is 14.4. The molecule has 0 aliphatic heterocycles. The second-order valence-electron chi connectivity index (χ2n) is 7.73. The van der Waals surface area contributed by atoms with Crippen LogP contribution in [-0.2, 0) is 25.8 Å². The Bertz CT molecular complexity index is 1090. The second-order valence-corrected chi connectivity index (χ2v) is 8.81. The first kappa shape index (κ1) is 18.3. The summed E-state index contributed by atoms with van der Waals surface area (Å²) in [4.78, 5) is 14.6. The number of anilines is 1. The summed E-state index contributed by atoms with van der Waals surface area (Å²) in [5, 5.41) is 1.30. The molecule has 0 saturated carbocycles. The van der Waals surface area contributed by atoms with E-state index in [-0.39, 0.29) is 0 Å². The topological polar surface area (TPSA) is 29.0 Å². The predicted octanol–water partition coefficient (Wildman–Crippen LogP) is 5.82. The van der Waals surface area contributed by atoms with Crippen molar-refractivity contribution in [3.63, 3.8) is 0 Å². The van der Waals surface area contributed by atoms with Gasteiger partial charge in [-0.3, -0.25) is 0 Å². The molecule has 1 aliphatic rings. The van der Waals surface area contributed by atoms with E-state index in [1.165, 1.54) is 46.2 Å². The second kappa shape index (κ2) is 8.34. The molecule has 2 heterocycles. The summed E-state index contributed by atoms with van der Waals surface area (Å²) in [5.74, 6) is 1.11. The summed E-state index contributed by atoms with van der Waals surface area (Å²) < 4.78 is 0. The molecule has 5 rings (SSSR count). The molecule has 0 saturated heterocycles. The molecule has 146 valence electrons. The maximum absolute atomic E-state index is 4.82. The minimum atomic E-state index is 0.865. The van der Waals surface area contributed by atoms with Gasteiger partial charge in [0.15, 0.2) is 0 Å². The van der Waals surface area contributed by atoms with Gasteiger partial charge in [0.2, 0.25) is 0 Å². The van der Waals surface area contributed by atoms with E-state index < -0.39 is 0 Å². The Morgan fingerprint density at radius 1 is 0.828 bits per heavy atom. The van der Waals surface area contributed by atoms with Crippen LogP contribution in [0.1, 0.15) is 34.4 Å². The molecule has 2 aromatic heterocycles. The van der Waals surface area contributed by atoms with E-state index in [1.54, 1.807) is 6.33 Å². The van der Waals surface area contributed by atoms with E-state index in [1.807, 2.05) is 11.3 Å². The number of hydrogen-bond donors (Lipinski definition) is 0. The number of aryl methyl sites for hydroxylation is 2. The van der Waals surface area contributed by atoms with Gasteiger partial charge in [0.1, 0.15) is 17.0 Å². The molecule has 0 spiro atoms. The fourth-order valence-corrected chi connectivity index (χ4v) is 5.51. The van der Waals surface area contributed by atoms with E-state index in [4.69, 9.17) is 4.98 Å². The first-order valence-corrected chi connectivity index (χ1v) is 11.3. The fourth-order valence-electron chi connectivity index (χ4n) is 4.29. The third-order valence-corrected chi connectivity index (χ3v) is 6.96. The maximum atomic E-state index is 4.82. The molecular weight excluding hydrogens is 374 g/mol. The monoisotopic (exact) mass is 399 g/mol. The number of aromatic nitrogens is 2. The highest BCUT2D eigenvalue weighted by molar-refractivity contribution is 7.19. The summed E-state index contributed by atoms with van der Waals surface area (Å²) in [5.41, 5.74) is 4.18. The normalized spacial score (nSPS) is 13.4. The Morgan fingerprint density at radius 2 is 1.55 bits per heavy atom. The number of hydrogen-bond acceptors (Lipinski definition) is 4. The van der Waals surface area contributed by atoms with E-state index in [2.05, 4.69) is 70.5 Å². The number of thiophene rings is 1. The molecule has 0 atom stereocenters. The molecule has 0 unspecified atom stereocenters. The van der Waals surface area contributed by atoms with Gasteiger partial charge in [-0.25, -0.2) is 9.97 Å². The number of rotatable bonds is 6. The van der Waals surface area contributed by atoms with E-state index in [0.717, 1.165) is 36.6 Å². The molecule has 0 amide bonds. The minimum Gasteiger partial charge on any atom is -0.351 e. The van der Waals surface area contributed by atoms with Gasteiger partial charge in [0.05, 0.1) is 5.39 Å². The van der Waals surface area contributed by atoms with Gasteiger partial charge >= 0.3 is 0 Å². The summed E-state index contributed by atoms with van der Waals surface area (Å²) in [6.07, 6.45) is 7.68. The van der Waals surface area contributed by atoms with Crippen LogP contribution in [0, 0.1) is 0 Å². The molecule has 0 fully saturated rings. The highest BCUT2D eigenvalue weighted by atomic mass is 32.1. The van der Waals surface area contributed by atoms with Crippen molar-refractivity contribution in [2.24, 2.45) is 0 Å². The Kier molecular flexibility index (Phi) is 5.27. The van der Waals surface area contributed by atoms with Crippen molar-refractivity contribution in [2.75, 3.05) is 11.4 Å². The quantitative estimate of drug-likeness (QED) is 0.409. The Labute approximate surface area is 176 Å². The van der Waals surface area contributed by atoms with Gasteiger partial charge in [-0.15, -0.1) is 11.3 Å². The minimum absolute atomic E-state index is 0.865.